The van der Waals surface area contributed by atoms with Gasteiger partial charge in [0.15, 0.2) is 0 Å². The largest absolute Gasteiger partial charge is 0.459 e. The molecule has 3 atom stereocenters. The predicted molar refractivity (Wildman–Crippen MR) is 152 cm³/mol. The molecule has 0 spiro atoms. The van der Waals surface area contributed by atoms with E-state index in [1.54, 1.807) is 13.8 Å². The predicted octanol–water partition coefficient (Wildman–Crippen LogP) is 5.91. The summed E-state index contributed by atoms with van der Waals surface area (Å²) >= 11 is 20.8. The zero-order valence-electron chi connectivity index (χ0n) is 21.8. The number of amides is 2. The molecule has 2 bridgehead atoms. The van der Waals surface area contributed by atoms with Crippen molar-refractivity contribution in [2.24, 2.45) is 17.8 Å². The lowest BCUT2D eigenvalue weighted by atomic mass is 9.54. The second-order valence-corrected chi connectivity index (χ2v) is 12.5. The number of likely N-dealkylation sites (tertiary alicyclic amines) is 1. The molecule has 1 fully saturated rings. The molecule has 3 aromatic carbocycles. The minimum atomic E-state index is -1.38. The number of hydrogen-bond donors (Lipinski definition) is 0. The van der Waals surface area contributed by atoms with Crippen molar-refractivity contribution in [2.45, 2.75) is 36.2 Å². The fraction of sp³-hybridized carbons (Fsp3) is 0.300. The van der Waals surface area contributed by atoms with E-state index in [2.05, 4.69) is 0 Å². The van der Waals surface area contributed by atoms with Crippen LogP contribution in [0.4, 0.5) is 5.69 Å². The Bertz CT molecular complexity index is 1540. The summed E-state index contributed by atoms with van der Waals surface area (Å²) < 4.78 is 5.49. The maximum Gasteiger partial charge on any atom is 0.329 e. The molecule has 4 aliphatic rings. The molecule has 1 heterocycles. The summed E-state index contributed by atoms with van der Waals surface area (Å²) in [5.41, 5.74) is 2.41. The Labute approximate surface area is 250 Å². The highest BCUT2D eigenvalue weighted by atomic mass is 35.5. The second kappa shape index (κ2) is 9.54. The van der Waals surface area contributed by atoms with E-state index in [1.165, 1.54) is 12.1 Å². The monoisotopic (exact) mass is 612 g/mol. The van der Waals surface area contributed by atoms with Gasteiger partial charge in [0, 0.05) is 11.1 Å². The average Bonchev–Trinajstić information content (AvgIpc) is 3.21. The zero-order valence-corrected chi connectivity index (χ0v) is 24.1. The number of nitrogens with zero attached hydrogens (tertiary/aromatic N) is 2. The van der Waals surface area contributed by atoms with Crippen LogP contribution in [0.25, 0.3) is 0 Å². The third kappa shape index (κ3) is 3.70. The fourth-order valence-corrected chi connectivity index (χ4v) is 7.97. The molecule has 3 aliphatic carbocycles. The molecule has 0 saturated carbocycles. The van der Waals surface area contributed by atoms with E-state index in [1.807, 2.05) is 48.5 Å². The highest BCUT2D eigenvalue weighted by molar-refractivity contribution is 6.36. The lowest BCUT2D eigenvalue weighted by molar-refractivity contribution is -0.385. The highest BCUT2D eigenvalue weighted by Crippen LogP contribution is 2.69. The number of alkyl halides is 2. The Balaban J connectivity index is 1.40. The van der Waals surface area contributed by atoms with Gasteiger partial charge in [-0.15, -0.1) is 23.2 Å². The smallest absolute Gasteiger partial charge is 0.329 e. The van der Waals surface area contributed by atoms with Gasteiger partial charge in [0.2, 0.25) is 11.8 Å². The van der Waals surface area contributed by atoms with Crippen molar-refractivity contribution >= 4 is 58.3 Å². The lowest BCUT2D eigenvalue weighted by Crippen LogP contribution is -2.57. The van der Waals surface area contributed by atoms with Crippen molar-refractivity contribution in [1.29, 1.82) is 0 Å². The van der Waals surface area contributed by atoms with Crippen molar-refractivity contribution in [3.8, 4) is 0 Å². The molecule has 2 amide bonds. The molecule has 11 heteroatoms. The molecule has 41 heavy (non-hydrogen) atoms. The molecule has 7 rings (SSSR count). The lowest BCUT2D eigenvalue weighted by Gasteiger charge is -2.54. The summed E-state index contributed by atoms with van der Waals surface area (Å²) in [7, 11) is 0. The van der Waals surface area contributed by atoms with Gasteiger partial charge in [0.1, 0.15) is 22.4 Å². The third-order valence-electron chi connectivity index (χ3n) is 8.38. The Hall–Kier alpha value is -3.46. The van der Waals surface area contributed by atoms with Crippen LogP contribution in [0.2, 0.25) is 5.02 Å². The zero-order chi connectivity index (χ0) is 29.4. The molecule has 0 unspecified atom stereocenters. The van der Waals surface area contributed by atoms with Gasteiger partial charge in [-0.25, -0.2) is 4.79 Å². The van der Waals surface area contributed by atoms with Gasteiger partial charge in [-0.3, -0.25) is 24.6 Å². The van der Waals surface area contributed by atoms with Crippen LogP contribution in [0.3, 0.4) is 0 Å². The third-order valence-corrected chi connectivity index (χ3v) is 9.90. The summed E-state index contributed by atoms with van der Waals surface area (Å²) in [5, 5.41) is 11.7. The minimum absolute atomic E-state index is 0.117. The van der Waals surface area contributed by atoms with Crippen LogP contribution >= 0.6 is 34.8 Å². The second-order valence-electron chi connectivity index (χ2n) is 10.8. The Kier molecular flexibility index (Phi) is 6.45. The Morgan fingerprint density at radius 1 is 0.927 bits per heavy atom. The molecule has 0 N–H and O–H groups in total. The molecule has 1 saturated heterocycles. The summed E-state index contributed by atoms with van der Waals surface area (Å²) in [6, 6.07) is 17.2. The fourth-order valence-electron chi connectivity index (χ4n) is 6.70. The van der Waals surface area contributed by atoms with Crippen molar-refractivity contribution in [2.75, 3.05) is 0 Å². The molecular weight excluding hydrogens is 591 g/mol. The number of carbonyl (C=O) groups excluding carboxylic acids is 3. The molecule has 1 aliphatic heterocycles. The van der Waals surface area contributed by atoms with Gasteiger partial charge in [0.25, 0.3) is 5.69 Å². The first-order chi connectivity index (χ1) is 19.4. The highest BCUT2D eigenvalue weighted by Gasteiger charge is 2.74. The Morgan fingerprint density at radius 3 is 1.80 bits per heavy atom. The normalized spacial score (nSPS) is 26.4. The first-order valence-electron chi connectivity index (χ1n) is 13.0. The number of ether oxygens (including phenoxy) is 1. The molecular formula is C30H23Cl3N2O6. The SMILES string of the molecule is CC(C)[C@@H](C(=O)OCc1ccc(Cl)cc1[N+](=O)[O-])N1C(=O)[C@@H]2[C@H](C1=O)C1(Cl)c3ccccc3C2(Cl)c2ccccc21. The van der Waals surface area contributed by atoms with Gasteiger partial charge in [-0.05, 0) is 40.3 Å². The van der Waals surface area contributed by atoms with Crippen LogP contribution < -0.4 is 0 Å². The number of nitro groups is 1. The number of halogens is 3. The van der Waals surface area contributed by atoms with E-state index in [9.17, 15) is 24.5 Å². The summed E-state index contributed by atoms with van der Waals surface area (Å²) in [6.07, 6.45) is 0. The number of esters is 1. The number of benzene rings is 3. The molecule has 210 valence electrons. The van der Waals surface area contributed by atoms with Gasteiger partial charge < -0.3 is 4.74 Å². The Morgan fingerprint density at radius 2 is 1.39 bits per heavy atom. The number of hydrogen-bond acceptors (Lipinski definition) is 6. The maximum atomic E-state index is 14.3. The van der Waals surface area contributed by atoms with Crippen molar-refractivity contribution in [1.82, 2.24) is 4.90 Å². The molecule has 8 nitrogen and oxygen atoms in total. The average molecular weight is 614 g/mol. The summed E-state index contributed by atoms with van der Waals surface area (Å²) in [4.78, 5) is 51.1. The topological polar surface area (TPSA) is 107 Å². The van der Waals surface area contributed by atoms with Crippen LogP contribution in [0, 0.1) is 27.9 Å². The van der Waals surface area contributed by atoms with E-state index >= 15 is 0 Å². The van der Waals surface area contributed by atoms with Crippen LogP contribution in [0.1, 0.15) is 41.7 Å². The van der Waals surface area contributed by atoms with E-state index < -0.39 is 62.9 Å². The van der Waals surface area contributed by atoms with Crippen molar-refractivity contribution in [3.63, 3.8) is 0 Å². The maximum absolute atomic E-state index is 14.3. The van der Waals surface area contributed by atoms with Gasteiger partial charge in [-0.1, -0.05) is 74.0 Å². The number of carbonyl (C=O) groups is 3. The van der Waals surface area contributed by atoms with Crippen LogP contribution in [0.15, 0.2) is 66.7 Å². The number of nitro benzene ring substituents is 1. The summed E-state index contributed by atoms with van der Waals surface area (Å²) in [5.74, 6) is -4.78. The minimum Gasteiger partial charge on any atom is -0.459 e. The standard InChI is InChI=1S/C30H23Cl3N2O6/c1-15(2)25(28(38)41-14-16-11-12-17(31)13-22(16)35(39)40)34-26(36)23-24(27(34)37)30(33)19-8-4-3-7-18(19)29(23,32)20-9-5-6-10-21(20)30/h3-13,15,23-25H,14H2,1-2H3/t23-,24+,25-,29?,30?/m0/s1. The van der Waals surface area contributed by atoms with Crippen LogP contribution in [-0.4, -0.2) is 33.6 Å². The van der Waals surface area contributed by atoms with Gasteiger partial charge >= 0.3 is 5.97 Å². The van der Waals surface area contributed by atoms with E-state index in [0.717, 1.165) is 11.0 Å². The first-order valence-corrected chi connectivity index (χ1v) is 14.1. The molecule has 3 aromatic rings. The van der Waals surface area contributed by atoms with Crippen molar-refractivity contribution in [3.05, 3.63) is 110 Å². The van der Waals surface area contributed by atoms with Crippen LogP contribution in [-0.2, 0) is 35.5 Å². The number of rotatable bonds is 6. The molecule has 0 radical (unpaired) electrons. The van der Waals surface area contributed by atoms with Crippen molar-refractivity contribution < 1.29 is 24.0 Å². The van der Waals surface area contributed by atoms with E-state index in [4.69, 9.17) is 39.5 Å². The van der Waals surface area contributed by atoms with E-state index in [-0.39, 0.29) is 16.3 Å². The van der Waals surface area contributed by atoms with Gasteiger partial charge in [0.05, 0.1) is 22.3 Å². The van der Waals surface area contributed by atoms with Crippen LogP contribution in [0.5, 0.6) is 0 Å². The van der Waals surface area contributed by atoms with E-state index in [0.29, 0.717) is 22.3 Å². The number of imide groups is 1. The first kappa shape index (κ1) is 27.7. The molecule has 0 aromatic heterocycles. The quantitative estimate of drug-likeness (QED) is 0.113. The van der Waals surface area contributed by atoms with Gasteiger partial charge in [-0.2, -0.15) is 0 Å². The summed E-state index contributed by atoms with van der Waals surface area (Å²) in [6.45, 7) is 2.92.